The molecule has 10 N–H and O–H groups in total. The van der Waals surface area contributed by atoms with Crippen LogP contribution in [0.15, 0.2) is 88.0 Å². The zero-order valence-electron chi connectivity index (χ0n) is 45.6. The molecule has 6 aromatic heterocycles. The number of aromatic nitrogens is 9. The van der Waals surface area contributed by atoms with E-state index in [0.29, 0.717) is 51.9 Å². The third-order valence-electron chi connectivity index (χ3n) is 17.3. The number of pyridine rings is 3. The summed E-state index contributed by atoms with van der Waals surface area (Å²) in [6.07, 6.45) is 20.0. The fraction of sp³-hybridized carbons (Fsp3) is 0.429. The second kappa shape index (κ2) is 21.5. The number of fused-ring (bicyclic) bond motifs is 3. The highest BCUT2D eigenvalue weighted by atomic mass is 16.2. The molecule has 0 bridgehead atoms. The van der Waals surface area contributed by atoms with Crippen LogP contribution in [-0.2, 0) is 21.8 Å². The number of hydrogen-bond acceptors (Lipinski definition) is 19. The number of rotatable bonds is 11. The summed E-state index contributed by atoms with van der Waals surface area (Å²) in [5.74, 6) is 1.85. The zero-order chi connectivity index (χ0) is 57.7. The van der Waals surface area contributed by atoms with Crippen molar-refractivity contribution in [2.45, 2.75) is 128 Å². The largest absolute Gasteiger partial charge is 0.384 e. The summed E-state index contributed by atoms with van der Waals surface area (Å²) in [7, 11) is 0. The van der Waals surface area contributed by atoms with E-state index in [0.717, 1.165) is 94.8 Å². The van der Waals surface area contributed by atoms with Crippen LogP contribution in [-0.4, -0.2) is 72.1 Å². The van der Waals surface area contributed by atoms with Crippen LogP contribution in [0.2, 0.25) is 0 Å². The number of nitriles is 1. The Kier molecular flexibility index (Phi) is 14.3. The number of nitrogen functional groups attached to an aromatic ring is 2. The van der Waals surface area contributed by atoms with E-state index in [-0.39, 0.29) is 75.3 Å². The Morgan fingerprint density at radius 1 is 0.537 bits per heavy atom. The van der Waals surface area contributed by atoms with Gasteiger partial charge in [-0.25, -0.2) is 34.8 Å². The molecule has 424 valence electrons. The Balaban J connectivity index is 0.000000130. The van der Waals surface area contributed by atoms with Gasteiger partial charge in [0.25, 0.3) is 34.4 Å². The SMILES string of the molecule is CC1(C2CCCC2)N(C#N)C(=O)c2ccc(Nc3cc(N)ncn3)c(=O)n21.CC1(C2CCCC2)NC(=O)c2ccc(Nc3cc(N)ncn3)c(=O)n21.CC1(C2CCCC2)NC(=O)c2ccc(Nc3cc(NC(=O)C4CC4)ncn3)c(=O)n21. The van der Waals surface area contributed by atoms with Crippen molar-refractivity contribution in [3.8, 4) is 6.19 Å². The highest BCUT2D eigenvalue weighted by Crippen LogP contribution is 2.45. The van der Waals surface area contributed by atoms with Gasteiger partial charge < -0.3 is 43.4 Å². The molecule has 0 spiro atoms. The predicted octanol–water partition coefficient (Wildman–Crippen LogP) is 5.67. The van der Waals surface area contributed by atoms with Gasteiger partial charge in [0.1, 0.15) is 105 Å². The summed E-state index contributed by atoms with van der Waals surface area (Å²) in [4.78, 5) is 114. The van der Waals surface area contributed by atoms with Gasteiger partial charge in [0.2, 0.25) is 5.91 Å². The fourth-order valence-electron chi connectivity index (χ4n) is 12.8. The number of carbonyl (C=O) groups is 4. The van der Waals surface area contributed by atoms with E-state index in [1.54, 1.807) is 58.5 Å². The van der Waals surface area contributed by atoms with E-state index in [1.807, 2.05) is 20.0 Å². The number of nitrogens with two attached hydrogens (primary N) is 2. The lowest BCUT2D eigenvalue weighted by atomic mass is 9.91. The van der Waals surface area contributed by atoms with E-state index in [9.17, 15) is 38.8 Å². The van der Waals surface area contributed by atoms with Gasteiger partial charge in [-0.3, -0.25) is 47.3 Å². The highest BCUT2D eigenvalue weighted by Gasteiger charge is 2.53. The summed E-state index contributed by atoms with van der Waals surface area (Å²) in [5, 5.41) is 27.4. The Morgan fingerprint density at radius 2 is 0.927 bits per heavy atom. The molecular weight excluding hydrogens is 1050 g/mol. The molecule has 4 aliphatic carbocycles. The Hall–Kier alpha value is -9.54. The van der Waals surface area contributed by atoms with Crippen molar-refractivity contribution >= 4 is 75.6 Å². The van der Waals surface area contributed by atoms with Gasteiger partial charge in [0.15, 0.2) is 6.19 Å². The Morgan fingerprint density at radius 3 is 1.35 bits per heavy atom. The lowest BCUT2D eigenvalue weighted by Crippen LogP contribution is -2.50. The van der Waals surface area contributed by atoms with Crippen LogP contribution >= 0.6 is 0 Å². The van der Waals surface area contributed by atoms with Crippen molar-refractivity contribution in [2.75, 3.05) is 32.7 Å². The third-order valence-corrected chi connectivity index (χ3v) is 17.3. The molecule has 3 atom stereocenters. The number of amides is 4. The summed E-state index contributed by atoms with van der Waals surface area (Å²) in [5.41, 5.74) is 9.92. The highest BCUT2D eigenvalue weighted by molar-refractivity contribution is 5.97. The molecule has 26 heteroatoms. The first-order chi connectivity index (χ1) is 39.4. The molecule has 6 aromatic rings. The predicted molar refractivity (Wildman–Crippen MR) is 302 cm³/mol. The number of carbonyl (C=O) groups excluding carboxylic acids is 4. The van der Waals surface area contributed by atoms with Crippen LogP contribution in [0, 0.1) is 35.1 Å². The van der Waals surface area contributed by atoms with Crippen LogP contribution in [0.4, 0.5) is 52.0 Å². The van der Waals surface area contributed by atoms with Crippen molar-refractivity contribution in [2.24, 2.45) is 23.7 Å². The van der Waals surface area contributed by atoms with E-state index in [1.165, 1.54) is 35.7 Å². The van der Waals surface area contributed by atoms with Gasteiger partial charge in [0, 0.05) is 41.9 Å². The lowest BCUT2D eigenvalue weighted by molar-refractivity contribution is -0.117. The molecule has 13 rings (SSSR count). The monoisotopic (exact) mass is 1110 g/mol. The molecule has 4 fully saturated rings. The molecule has 3 unspecified atom stereocenters. The summed E-state index contributed by atoms with van der Waals surface area (Å²) >= 11 is 0. The Labute approximate surface area is 469 Å². The molecular formula is C56H63N19O7. The van der Waals surface area contributed by atoms with Gasteiger partial charge in [-0.15, -0.1) is 0 Å². The molecule has 3 aliphatic heterocycles. The first-order valence-corrected chi connectivity index (χ1v) is 27.7. The van der Waals surface area contributed by atoms with Crippen molar-refractivity contribution in [3.63, 3.8) is 0 Å². The maximum atomic E-state index is 13.3. The van der Waals surface area contributed by atoms with Crippen LogP contribution in [0.1, 0.15) is 142 Å². The average Bonchev–Trinajstić information content (AvgIpc) is 3.94. The number of hydrogen-bond donors (Lipinski definition) is 8. The van der Waals surface area contributed by atoms with Crippen molar-refractivity contribution in [1.82, 2.24) is 59.1 Å². The van der Waals surface area contributed by atoms with Gasteiger partial charge >= 0.3 is 0 Å². The second-order valence-corrected chi connectivity index (χ2v) is 22.4. The molecule has 4 saturated carbocycles. The zero-order valence-corrected chi connectivity index (χ0v) is 45.6. The number of anilines is 9. The van der Waals surface area contributed by atoms with Crippen molar-refractivity contribution in [1.29, 1.82) is 5.26 Å². The quantitative estimate of drug-likeness (QED) is 0.0724. The molecule has 7 aliphatic rings. The molecule has 0 radical (unpaired) electrons. The van der Waals surface area contributed by atoms with E-state index in [4.69, 9.17) is 11.5 Å². The van der Waals surface area contributed by atoms with Crippen LogP contribution in [0.3, 0.4) is 0 Å². The molecule has 9 heterocycles. The summed E-state index contributed by atoms with van der Waals surface area (Å²) in [6, 6.07) is 14.3. The topological polar surface area (TPSA) is 363 Å². The second-order valence-electron chi connectivity index (χ2n) is 22.4. The number of nitrogens with one attached hydrogen (secondary N) is 6. The van der Waals surface area contributed by atoms with Crippen molar-refractivity contribution < 1.29 is 19.2 Å². The van der Waals surface area contributed by atoms with Gasteiger partial charge in [-0.1, -0.05) is 38.5 Å². The van der Waals surface area contributed by atoms with E-state index < -0.39 is 22.9 Å². The maximum absolute atomic E-state index is 13.3. The number of nitrogens with zero attached hydrogens (tertiary/aromatic N) is 11. The minimum Gasteiger partial charge on any atom is -0.384 e. The van der Waals surface area contributed by atoms with E-state index >= 15 is 0 Å². The maximum Gasteiger partial charge on any atom is 0.285 e. The van der Waals surface area contributed by atoms with Crippen LogP contribution in [0.25, 0.3) is 0 Å². The first-order valence-electron chi connectivity index (χ1n) is 27.7. The minimum absolute atomic E-state index is 0.0463. The molecule has 0 saturated heterocycles. The third kappa shape index (κ3) is 9.88. The van der Waals surface area contributed by atoms with E-state index in [2.05, 4.69) is 61.8 Å². The molecule has 82 heavy (non-hydrogen) atoms. The van der Waals surface area contributed by atoms with Crippen molar-refractivity contribution in [3.05, 3.63) is 122 Å². The fourth-order valence-corrected chi connectivity index (χ4v) is 12.8. The van der Waals surface area contributed by atoms with Gasteiger partial charge in [-0.05, 0) is 109 Å². The van der Waals surface area contributed by atoms with Gasteiger partial charge in [-0.2, -0.15) is 5.26 Å². The molecule has 0 aromatic carbocycles. The summed E-state index contributed by atoms with van der Waals surface area (Å²) < 4.78 is 4.64. The standard InChI is InChI=1S/C21H24N6O3.C18H19N7O2.C17H20N6O2/c1-21(13-4-2-3-5-13)26-19(29)15-9-8-14(20(30)27(15)21)24-16-10-17(23-11-22-16)25-18(28)12-6-7-12;1-18(11-4-2-3-5-11)24(9-19)17(27)13-7-6-12(16(26)25(13)18)23-15-8-14(20)21-10-22-15;1-17(10-4-2-3-5-10)22-15(24)12-7-6-11(16(25)23(12)17)21-14-8-13(18)19-9-20-14/h8-13H,2-7H2,1H3,(H,26,29)(H2,22,23,24,25,28);6-8,10-11H,2-5H2,1H3,(H3,20,21,22,23);6-10H,2-5H2,1H3,(H,22,24)(H3,18,19,20,21). The van der Waals surface area contributed by atoms with Crippen LogP contribution in [0.5, 0.6) is 0 Å². The first kappa shape index (κ1) is 54.4. The molecule has 26 nitrogen and oxygen atoms in total. The Bertz CT molecular complexity index is 3780. The van der Waals surface area contributed by atoms with Gasteiger partial charge in [0.05, 0.1) is 0 Å². The minimum atomic E-state index is -1.00. The normalized spacial score (nSPS) is 22.6. The average molecular weight is 1110 g/mol. The summed E-state index contributed by atoms with van der Waals surface area (Å²) in [6.45, 7) is 5.67. The molecule has 4 amide bonds. The van der Waals surface area contributed by atoms with Crippen LogP contribution < -0.4 is 60.0 Å². The lowest BCUT2D eigenvalue weighted by Gasteiger charge is -2.37. The smallest absolute Gasteiger partial charge is 0.285 e.